The third kappa shape index (κ3) is 6.13. The first-order chi connectivity index (χ1) is 14.5. The van der Waals surface area contributed by atoms with E-state index in [-0.39, 0.29) is 23.9 Å². The number of anilines is 2. The van der Waals surface area contributed by atoms with Crippen molar-refractivity contribution in [3.63, 3.8) is 0 Å². The van der Waals surface area contributed by atoms with Crippen molar-refractivity contribution in [3.05, 3.63) is 106 Å². The average molecular weight is 401 g/mol. The van der Waals surface area contributed by atoms with Gasteiger partial charge in [-0.15, -0.1) is 0 Å². The van der Waals surface area contributed by atoms with Crippen molar-refractivity contribution in [3.8, 4) is 0 Å². The van der Waals surface area contributed by atoms with Crippen LogP contribution in [0.3, 0.4) is 0 Å². The normalized spacial score (nSPS) is 10.5. The number of non-ortho nitro benzene ring substituents is 1. The van der Waals surface area contributed by atoms with Crippen molar-refractivity contribution >= 4 is 35.0 Å². The van der Waals surface area contributed by atoms with Crippen molar-refractivity contribution in [1.82, 2.24) is 0 Å². The van der Waals surface area contributed by atoms with Gasteiger partial charge in [0.2, 0.25) is 11.8 Å². The summed E-state index contributed by atoms with van der Waals surface area (Å²) in [5.41, 5.74) is 2.68. The maximum absolute atomic E-state index is 12.2. The lowest BCUT2D eigenvalue weighted by Gasteiger charge is -2.08. The molecule has 0 saturated carbocycles. The zero-order chi connectivity index (χ0) is 21.3. The number of carbonyl (C=O) groups excluding carboxylic acids is 2. The number of nitrogens with zero attached hydrogens (tertiary/aromatic N) is 1. The molecule has 0 unspecified atom stereocenters. The highest BCUT2D eigenvalue weighted by Gasteiger charge is 2.06. The van der Waals surface area contributed by atoms with Gasteiger partial charge in [0.1, 0.15) is 0 Å². The summed E-state index contributed by atoms with van der Waals surface area (Å²) in [7, 11) is 0. The Morgan fingerprint density at radius 2 is 1.53 bits per heavy atom. The number of nitrogens with one attached hydrogen (secondary N) is 2. The Hall–Kier alpha value is -4.26. The average Bonchev–Trinajstić information content (AvgIpc) is 2.73. The fourth-order valence-corrected chi connectivity index (χ4v) is 2.72. The molecule has 2 N–H and O–H groups in total. The third-order valence-electron chi connectivity index (χ3n) is 4.15. The van der Waals surface area contributed by atoms with Crippen LogP contribution >= 0.6 is 0 Å². The van der Waals surface area contributed by atoms with Crippen molar-refractivity contribution < 1.29 is 14.5 Å². The summed E-state index contributed by atoms with van der Waals surface area (Å²) in [5, 5.41) is 16.2. The molecule has 7 heteroatoms. The number of hydrogen-bond donors (Lipinski definition) is 2. The summed E-state index contributed by atoms with van der Waals surface area (Å²) < 4.78 is 0. The highest BCUT2D eigenvalue weighted by molar-refractivity contribution is 6.02. The Morgan fingerprint density at radius 3 is 2.20 bits per heavy atom. The Morgan fingerprint density at radius 1 is 0.867 bits per heavy atom. The lowest BCUT2D eigenvalue weighted by atomic mass is 10.1. The Bertz CT molecular complexity index is 1080. The van der Waals surface area contributed by atoms with E-state index in [1.165, 1.54) is 18.2 Å². The number of carbonyl (C=O) groups is 2. The van der Waals surface area contributed by atoms with E-state index in [1.807, 2.05) is 30.3 Å². The molecule has 150 valence electrons. The second kappa shape index (κ2) is 9.79. The quantitative estimate of drug-likeness (QED) is 0.347. The van der Waals surface area contributed by atoms with Crippen LogP contribution in [0.5, 0.6) is 0 Å². The highest BCUT2D eigenvalue weighted by Crippen LogP contribution is 2.16. The van der Waals surface area contributed by atoms with Crippen LogP contribution < -0.4 is 10.6 Å². The minimum atomic E-state index is -0.480. The van der Waals surface area contributed by atoms with Crippen LogP contribution in [-0.4, -0.2) is 16.7 Å². The Balaban J connectivity index is 1.56. The van der Waals surface area contributed by atoms with Crippen LogP contribution in [0.1, 0.15) is 11.1 Å². The number of rotatable bonds is 7. The lowest BCUT2D eigenvalue weighted by Crippen LogP contribution is -2.14. The number of amides is 2. The molecule has 0 heterocycles. The van der Waals surface area contributed by atoms with Gasteiger partial charge in [0.15, 0.2) is 0 Å². The zero-order valence-corrected chi connectivity index (χ0v) is 15.9. The summed E-state index contributed by atoms with van der Waals surface area (Å²) in [6, 6.07) is 22.1. The molecule has 0 aliphatic rings. The molecule has 3 aromatic carbocycles. The van der Waals surface area contributed by atoms with Crippen LogP contribution in [0.25, 0.3) is 6.08 Å². The molecular formula is C23H19N3O4. The van der Waals surface area contributed by atoms with Gasteiger partial charge < -0.3 is 10.6 Å². The van der Waals surface area contributed by atoms with Crippen molar-refractivity contribution in [2.24, 2.45) is 0 Å². The van der Waals surface area contributed by atoms with Crippen molar-refractivity contribution in [2.45, 2.75) is 6.42 Å². The minimum absolute atomic E-state index is 0.0114. The molecule has 30 heavy (non-hydrogen) atoms. The van der Waals surface area contributed by atoms with Crippen LogP contribution in [0.2, 0.25) is 0 Å². The minimum Gasteiger partial charge on any atom is -0.326 e. The smallest absolute Gasteiger partial charge is 0.269 e. The summed E-state index contributed by atoms with van der Waals surface area (Å²) >= 11 is 0. The van der Waals surface area contributed by atoms with Gasteiger partial charge in [-0.05, 0) is 47.5 Å². The molecular weight excluding hydrogens is 382 g/mol. The molecule has 7 nitrogen and oxygen atoms in total. The van der Waals surface area contributed by atoms with Crippen LogP contribution in [0.15, 0.2) is 84.9 Å². The zero-order valence-electron chi connectivity index (χ0n) is 15.9. The number of nitro groups is 1. The number of benzene rings is 3. The van der Waals surface area contributed by atoms with Gasteiger partial charge >= 0.3 is 0 Å². The summed E-state index contributed by atoms with van der Waals surface area (Å²) in [6.45, 7) is 0. The molecule has 0 radical (unpaired) electrons. The third-order valence-corrected chi connectivity index (χ3v) is 4.15. The maximum atomic E-state index is 12.2. The molecule has 0 atom stereocenters. The van der Waals surface area contributed by atoms with Gasteiger partial charge in [-0.25, -0.2) is 0 Å². The number of hydrogen-bond acceptors (Lipinski definition) is 4. The van der Waals surface area contributed by atoms with Crippen molar-refractivity contribution in [2.75, 3.05) is 10.6 Å². The van der Waals surface area contributed by atoms with E-state index in [9.17, 15) is 19.7 Å². The summed E-state index contributed by atoms with van der Waals surface area (Å²) in [6.07, 6.45) is 3.15. The highest BCUT2D eigenvalue weighted by atomic mass is 16.6. The van der Waals surface area contributed by atoms with Crippen molar-refractivity contribution in [1.29, 1.82) is 0 Å². The second-order valence-corrected chi connectivity index (χ2v) is 6.46. The number of nitro benzene ring substituents is 1. The largest absolute Gasteiger partial charge is 0.326 e. The molecule has 2 amide bonds. The van der Waals surface area contributed by atoms with E-state index in [1.54, 1.807) is 42.5 Å². The monoisotopic (exact) mass is 401 g/mol. The van der Waals surface area contributed by atoms with Gasteiger partial charge in [-0.2, -0.15) is 0 Å². The van der Waals surface area contributed by atoms with Gasteiger partial charge in [-0.1, -0.05) is 36.4 Å². The van der Waals surface area contributed by atoms with Crippen LogP contribution in [0, 0.1) is 10.1 Å². The summed E-state index contributed by atoms with van der Waals surface area (Å²) in [4.78, 5) is 34.5. The molecule has 0 saturated heterocycles. The molecule has 0 aliphatic carbocycles. The molecule has 0 aromatic heterocycles. The fourth-order valence-electron chi connectivity index (χ4n) is 2.72. The fraction of sp³-hybridized carbons (Fsp3) is 0.0435. The van der Waals surface area contributed by atoms with E-state index in [4.69, 9.17) is 0 Å². The predicted octanol–water partition coefficient (Wildman–Crippen LogP) is 4.43. The molecule has 3 aromatic rings. The van der Waals surface area contributed by atoms with Crippen LogP contribution in [0.4, 0.5) is 17.1 Å². The Labute approximate surface area is 173 Å². The predicted molar refractivity (Wildman–Crippen MR) is 116 cm³/mol. The van der Waals surface area contributed by atoms with Gasteiger partial charge in [0, 0.05) is 29.6 Å². The topological polar surface area (TPSA) is 101 Å². The Kier molecular flexibility index (Phi) is 6.68. The van der Waals surface area contributed by atoms with Crippen LogP contribution in [-0.2, 0) is 16.0 Å². The molecule has 0 spiro atoms. The van der Waals surface area contributed by atoms with Gasteiger partial charge in [0.05, 0.1) is 11.3 Å². The van der Waals surface area contributed by atoms with E-state index in [0.29, 0.717) is 16.9 Å². The summed E-state index contributed by atoms with van der Waals surface area (Å²) in [5.74, 6) is -0.510. The SMILES string of the molecule is O=C(/C=C/c1ccc([N+](=O)[O-])cc1)Nc1cccc(NC(=O)Cc2ccccc2)c1. The second-order valence-electron chi connectivity index (χ2n) is 6.46. The van der Waals surface area contributed by atoms with E-state index in [2.05, 4.69) is 10.6 Å². The lowest BCUT2D eigenvalue weighted by molar-refractivity contribution is -0.384. The standard InChI is InChI=1S/C23H19N3O4/c27-22(14-11-17-9-12-21(13-10-17)26(29)30)24-19-7-4-8-20(16-19)25-23(28)15-18-5-2-1-3-6-18/h1-14,16H,15H2,(H,24,27)(H,25,28)/b14-11+. The first-order valence-corrected chi connectivity index (χ1v) is 9.17. The molecule has 0 bridgehead atoms. The molecule has 0 fully saturated rings. The molecule has 3 rings (SSSR count). The first-order valence-electron chi connectivity index (χ1n) is 9.17. The van der Waals surface area contributed by atoms with E-state index >= 15 is 0 Å². The van der Waals surface area contributed by atoms with Gasteiger partial charge in [0.25, 0.3) is 5.69 Å². The first kappa shape index (κ1) is 20.5. The molecule has 0 aliphatic heterocycles. The van der Waals surface area contributed by atoms with Gasteiger partial charge in [-0.3, -0.25) is 19.7 Å². The van der Waals surface area contributed by atoms with E-state index in [0.717, 1.165) is 5.56 Å². The maximum Gasteiger partial charge on any atom is 0.269 e. The van der Waals surface area contributed by atoms with E-state index < -0.39 is 4.92 Å².